The lowest BCUT2D eigenvalue weighted by atomic mass is 10.1. The third-order valence-electron chi connectivity index (χ3n) is 3.10. The molecule has 0 fully saturated rings. The van der Waals surface area contributed by atoms with Crippen molar-refractivity contribution < 1.29 is 4.74 Å². The van der Waals surface area contributed by atoms with Gasteiger partial charge in [0.1, 0.15) is 6.10 Å². The van der Waals surface area contributed by atoms with E-state index in [1.54, 1.807) is 0 Å². The zero-order chi connectivity index (χ0) is 11.9. The van der Waals surface area contributed by atoms with Gasteiger partial charge in [-0.3, -0.25) is 0 Å². The highest BCUT2D eigenvalue weighted by atomic mass is 16.5. The standard InChI is InChI=1S/C16H20O/c1-14-9-11-15(12-10-14)13-17-16-7-5-3-2-4-6-8-16/h9-12,16H,2-5,7,13H2,1H3. The molecular formula is C16H20O. The van der Waals surface area contributed by atoms with E-state index in [0.717, 1.165) is 12.8 Å². The second-order valence-electron chi connectivity index (χ2n) is 4.71. The van der Waals surface area contributed by atoms with Crippen molar-refractivity contribution in [2.24, 2.45) is 0 Å². The first-order chi connectivity index (χ1) is 8.34. The lowest BCUT2D eigenvalue weighted by Gasteiger charge is -2.13. The molecule has 0 heterocycles. The highest BCUT2D eigenvalue weighted by Gasteiger charge is 2.07. The predicted molar refractivity (Wildman–Crippen MR) is 70.6 cm³/mol. The van der Waals surface area contributed by atoms with Crippen molar-refractivity contribution in [1.82, 2.24) is 0 Å². The van der Waals surface area contributed by atoms with Gasteiger partial charge in [0, 0.05) is 6.42 Å². The maximum atomic E-state index is 5.87. The Balaban J connectivity index is 1.86. The van der Waals surface area contributed by atoms with Crippen LogP contribution < -0.4 is 0 Å². The van der Waals surface area contributed by atoms with Crippen LogP contribution in [0.4, 0.5) is 0 Å². The number of ether oxygens (including phenoxy) is 1. The predicted octanol–water partition coefficient (Wildman–Crippen LogP) is 3.85. The summed E-state index contributed by atoms with van der Waals surface area (Å²) in [5.74, 6) is 6.44. The fraction of sp³-hybridized carbons (Fsp3) is 0.500. The van der Waals surface area contributed by atoms with Crippen molar-refractivity contribution in [3.05, 3.63) is 35.4 Å². The highest BCUT2D eigenvalue weighted by molar-refractivity contribution is 5.20. The highest BCUT2D eigenvalue weighted by Crippen LogP contribution is 2.13. The minimum absolute atomic E-state index is 0.136. The summed E-state index contributed by atoms with van der Waals surface area (Å²) in [6.07, 6.45) is 6.03. The summed E-state index contributed by atoms with van der Waals surface area (Å²) in [4.78, 5) is 0. The third-order valence-corrected chi connectivity index (χ3v) is 3.10. The molecule has 17 heavy (non-hydrogen) atoms. The first-order valence-corrected chi connectivity index (χ1v) is 6.50. The number of hydrogen-bond acceptors (Lipinski definition) is 1. The molecule has 1 aliphatic rings. The molecule has 0 amide bonds. The van der Waals surface area contributed by atoms with Crippen molar-refractivity contribution in [2.75, 3.05) is 0 Å². The number of rotatable bonds is 3. The van der Waals surface area contributed by atoms with Gasteiger partial charge in [0.2, 0.25) is 0 Å². The lowest BCUT2D eigenvalue weighted by molar-refractivity contribution is 0.0704. The zero-order valence-electron chi connectivity index (χ0n) is 10.5. The Morgan fingerprint density at radius 1 is 1.18 bits per heavy atom. The fourth-order valence-corrected chi connectivity index (χ4v) is 1.98. The molecular weight excluding hydrogens is 208 g/mol. The molecule has 0 N–H and O–H groups in total. The van der Waals surface area contributed by atoms with Gasteiger partial charge in [-0.25, -0.2) is 0 Å². The van der Waals surface area contributed by atoms with E-state index in [0.29, 0.717) is 6.61 Å². The van der Waals surface area contributed by atoms with Gasteiger partial charge < -0.3 is 4.74 Å². The van der Waals surface area contributed by atoms with Crippen molar-refractivity contribution in [3.63, 3.8) is 0 Å². The first kappa shape index (κ1) is 12.2. The third kappa shape index (κ3) is 4.24. The van der Waals surface area contributed by atoms with Crippen LogP contribution in [0.15, 0.2) is 24.3 Å². The average molecular weight is 228 g/mol. The van der Waals surface area contributed by atoms with Crippen molar-refractivity contribution >= 4 is 0 Å². The Bertz CT molecular complexity index is 394. The number of benzene rings is 1. The first-order valence-electron chi connectivity index (χ1n) is 6.50. The van der Waals surface area contributed by atoms with Crippen LogP contribution >= 0.6 is 0 Å². The van der Waals surface area contributed by atoms with Crippen LogP contribution in [-0.4, -0.2) is 6.10 Å². The molecule has 0 spiro atoms. The van der Waals surface area contributed by atoms with Crippen molar-refractivity contribution in [1.29, 1.82) is 0 Å². The fourth-order valence-electron chi connectivity index (χ4n) is 1.98. The molecule has 1 aliphatic carbocycles. The Morgan fingerprint density at radius 3 is 2.82 bits per heavy atom. The second-order valence-corrected chi connectivity index (χ2v) is 4.71. The van der Waals surface area contributed by atoms with Crippen LogP contribution in [0.2, 0.25) is 0 Å². The normalized spacial score (nSPS) is 19.9. The topological polar surface area (TPSA) is 9.23 Å². The second kappa shape index (κ2) is 6.47. The van der Waals surface area contributed by atoms with Crippen LogP contribution in [0.1, 0.15) is 43.2 Å². The van der Waals surface area contributed by atoms with E-state index < -0.39 is 0 Å². The Hall–Kier alpha value is -1.26. The molecule has 1 atom stereocenters. The molecule has 0 saturated carbocycles. The largest absolute Gasteiger partial charge is 0.361 e. The maximum absolute atomic E-state index is 5.87. The molecule has 0 radical (unpaired) electrons. The van der Waals surface area contributed by atoms with Gasteiger partial charge in [-0.15, -0.1) is 5.92 Å². The van der Waals surface area contributed by atoms with Crippen molar-refractivity contribution in [2.45, 2.75) is 51.7 Å². The minimum Gasteiger partial charge on any atom is -0.361 e. The molecule has 0 bridgehead atoms. The van der Waals surface area contributed by atoms with Gasteiger partial charge in [-0.2, -0.15) is 0 Å². The molecule has 90 valence electrons. The Kier molecular flexibility index (Phi) is 4.64. The van der Waals surface area contributed by atoms with Gasteiger partial charge in [-0.05, 0) is 31.7 Å². The van der Waals surface area contributed by atoms with E-state index in [2.05, 4.69) is 43.0 Å². The van der Waals surface area contributed by atoms with Crippen LogP contribution in [0.3, 0.4) is 0 Å². The minimum atomic E-state index is 0.136. The summed E-state index contributed by atoms with van der Waals surface area (Å²) in [7, 11) is 0. The van der Waals surface area contributed by atoms with E-state index in [1.807, 2.05) is 0 Å². The quantitative estimate of drug-likeness (QED) is 0.714. The molecule has 1 aromatic carbocycles. The van der Waals surface area contributed by atoms with E-state index >= 15 is 0 Å². The summed E-state index contributed by atoms with van der Waals surface area (Å²) in [5, 5.41) is 0. The van der Waals surface area contributed by atoms with Crippen LogP contribution in [0.25, 0.3) is 0 Å². The lowest BCUT2D eigenvalue weighted by Crippen LogP contribution is -2.11. The molecule has 1 aromatic rings. The maximum Gasteiger partial charge on any atom is 0.118 e. The van der Waals surface area contributed by atoms with E-state index in [9.17, 15) is 0 Å². The Labute approximate surface area is 104 Å². The SMILES string of the molecule is Cc1ccc(COC2C#CCCCCC2)cc1. The zero-order valence-corrected chi connectivity index (χ0v) is 10.5. The Morgan fingerprint density at radius 2 is 2.00 bits per heavy atom. The van der Waals surface area contributed by atoms with E-state index in [-0.39, 0.29) is 6.10 Å². The molecule has 1 unspecified atom stereocenters. The molecule has 0 saturated heterocycles. The van der Waals surface area contributed by atoms with Crippen LogP contribution in [0.5, 0.6) is 0 Å². The summed E-state index contributed by atoms with van der Waals surface area (Å²) >= 11 is 0. The smallest absolute Gasteiger partial charge is 0.118 e. The van der Waals surface area contributed by atoms with Crippen molar-refractivity contribution in [3.8, 4) is 11.8 Å². The molecule has 2 rings (SSSR count). The van der Waals surface area contributed by atoms with Gasteiger partial charge in [-0.1, -0.05) is 42.2 Å². The molecule has 1 nitrogen and oxygen atoms in total. The van der Waals surface area contributed by atoms with Gasteiger partial charge in [0.15, 0.2) is 0 Å². The van der Waals surface area contributed by atoms with E-state index in [1.165, 1.54) is 30.4 Å². The van der Waals surface area contributed by atoms with Gasteiger partial charge >= 0.3 is 0 Å². The molecule has 0 aromatic heterocycles. The number of aryl methyl sites for hydroxylation is 1. The van der Waals surface area contributed by atoms with Crippen LogP contribution in [-0.2, 0) is 11.3 Å². The summed E-state index contributed by atoms with van der Waals surface area (Å²) in [6.45, 7) is 2.78. The monoisotopic (exact) mass is 228 g/mol. The van der Waals surface area contributed by atoms with Gasteiger partial charge in [0.05, 0.1) is 6.61 Å². The molecule has 0 aliphatic heterocycles. The summed E-state index contributed by atoms with van der Waals surface area (Å²) in [5.41, 5.74) is 2.53. The molecule has 1 heteroatoms. The average Bonchev–Trinajstić information content (AvgIpc) is 2.30. The van der Waals surface area contributed by atoms with Gasteiger partial charge in [0.25, 0.3) is 0 Å². The summed E-state index contributed by atoms with van der Waals surface area (Å²) in [6, 6.07) is 8.52. The summed E-state index contributed by atoms with van der Waals surface area (Å²) < 4.78 is 5.87. The van der Waals surface area contributed by atoms with Crippen LogP contribution in [0, 0.1) is 18.8 Å². The number of hydrogen-bond donors (Lipinski definition) is 0. The van der Waals surface area contributed by atoms with E-state index in [4.69, 9.17) is 4.74 Å².